The Morgan fingerprint density at radius 2 is 2.67 bits per heavy atom. The molecule has 0 spiro atoms. The van der Waals surface area contributed by atoms with Gasteiger partial charge in [-0.1, -0.05) is 0 Å². The molecule has 3 heteroatoms. The molecule has 0 saturated carbocycles. The number of rotatable bonds is 1. The van der Waals surface area contributed by atoms with Crippen LogP contribution in [0.2, 0.25) is 0 Å². The standard InChI is InChI=1S/C6H7FN2/c7-5-2-1-3-9-6(5)4-8/h1-3H,4,8H2/i4D/t4-/m1/s1. The molecule has 2 N–H and O–H groups in total. The van der Waals surface area contributed by atoms with Gasteiger partial charge in [-0.05, 0) is 12.1 Å². The van der Waals surface area contributed by atoms with Crippen molar-refractivity contribution in [3.05, 3.63) is 29.8 Å². The second kappa shape index (κ2) is 2.55. The van der Waals surface area contributed by atoms with Crippen LogP contribution in [-0.2, 0) is 6.52 Å². The third kappa shape index (κ3) is 1.23. The fraction of sp³-hybridized carbons (Fsp3) is 0.167. The van der Waals surface area contributed by atoms with E-state index in [1.807, 2.05) is 0 Å². The Morgan fingerprint density at radius 1 is 1.89 bits per heavy atom. The van der Waals surface area contributed by atoms with Crippen molar-refractivity contribution >= 4 is 0 Å². The summed E-state index contributed by atoms with van der Waals surface area (Å²) in [5.74, 6) is -0.523. The van der Waals surface area contributed by atoms with Crippen molar-refractivity contribution in [2.75, 3.05) is 0 Å². The lowest BCUT2D eigenvalue weighted by Gasteiger charge is -1.93. The molecule has 9 heavy (non-hydrogen) atoms. The van der Waals surface area contributed by atoms with E-state index in [1.165, 1.54) is 18.3 Å². The Balaban J connectivity index is 3.03. The molecule has 1 aromatic heterocycles. The van der Waals surface area contributed by atoms with Gasteiger partial charge >= 0.3 is 0 Å². The lowest BCUT2D eigenvalue weighted by atomic mass is 10.3. The summed E-state index contributed by atoms with van der Waals surface area (Å²) in [6.07, 6.45) is 1.41. The third-order valence-corrected chi connectivity index (χ3v) is 0.945. The minimum absolute atomic E-state index is 0.0116. The van der Waals surface area contributed by atoms with Crippen molar-refractivity contribution in [1.29, 1.82) is 0 Å². The fourth-order valence-electron chi connectivity index (χ4n) is 0.521. The van der Waals surface area contributed by atoms with E-state index in [-0.39, 0.29) is 5.69 Å². The van der Waals surface area contributed by atoms with Gasteiger partial charge < -0.3 is 5.73 Å². The summed E-state index contributed by atoms with van der Waals surface area (Å²) in [5.41, 5.74) is 5.07. The van der Waals surface area contributed by atoms with Gasteiger partial charge in [0.2, 0.25) is 0 Å². The van der Waals surface area contributed by atoms with E-state index in [0.717, 1.165) is 0 Å². The van der Waals surface area contributed by atoms with Crippen LogP contribution in [0.4, 0.5) is 4.39 Å². The Bertz CT molecular complexity index is 227. The molecule has 1 atom stereocenters. The van der Waals surface area contributed by atoms with Crippen LogP contribution in [0.25, 0.3) is 0 Å². The molecular formula is C6H7FN2. The predicted molar refractivity (Wildman–Crippen MR) is 32.1 cm³/mol. The zero-order chi connectivity index (χ0) is 7.56. The number of nitrogens with zero attached hydrogens (tertiary/aromatic N) is 1. The number of nitrogens with two attached hydrogens (primary N) is 1. The maximum absolute atomic E-state index is 12.6. The molecule has 48 valence electrons. The van der Waals surface area contributed by atoms with Gasteiger partial charge in [-0.15, -0.1) is 0 Å². The van der Waals surface area contributed by atoms with Crippen LogP contribution in [0.1, 0.15) is 7.06 Å². The quantitative estimate of drug-likeness (QED) is 0.602. The number of hydrogen-bond donors (Lipinski definition) is 1. The van der Waals surface area contributed by atoms with Gasteiger partial charge in [0.25, 0.3) is 0 Å². The highest BCUT2D eigenvalue weighted by molar-refractivity contribution is 5.05. The van der Waals surface area contributed by atoms with Crippen LogP contribution in [-0.4, -0.2) is 4.98 Å². The van der Waals surface area contributed by atoms with Gasteiger partial charge in [0.15, 0.2) is 0 Å². The van der Waals surface area contributed by atoms with E-state index < -0.39 is 12.3 Å². The van der Waals surface area contributed by atoms with Crippen molar-refractivity contribution in [2.45, 2.75) is 6.52 Å². The van der Waals surface area contributed by atoms with Crippen LogP contribution in [0, 0.1) is 5.82 Å². The lowest BCUT2D eigenvalue weighted by molar-refractivity contribution is 0.600. The number of pyridine rings is 1. The van der Waals surface area contributed by atoms with Crippen LogP contribution in [0.5, 0.6) is 0 Å². The molecule has 0 fully saturated rings. The molecule has 1 heterocycles. The predicted octanol–water partition coefficient (Wildman–Crippen LogP) is 0.679. The van der Waals surface area contributed by atoms with E-state index in [9.17, 15) is 4.39 Å². The summed E-state index contributed by atoms with van der Waals surface area (Å²) in [6, 6.07) is 2.69. The fourth-order valence-corrected chi connectivity index (χ4v) is 0.521. The van der Waals surface area contributed by atoms with E-state index in [4.69, 9.17) is 7.10 Å². The highest BCUT2D eigenvalue weighted by Gasteiger charge is 1.96. The zero-order valence-electron chi connectivity index (χ0n) is 5.71. The van der Waals surface area contributed by atoms with Crippen molar-refractivity contribution < 1.29 is 5.76 Å². The number of aromatic nitrogens is 1. The van der Waals surface area contributed by atoms with Gasteiger partial charge in [-0.2, -0.15) is 0 Å². The molecule has 1 aromatic rings. The molecule has 0 aliphatic heterocycles. The maximum atomic E-state index is 12.6. The molecule has 0 saturated heterocycles. The summed E-state index contributed by atoms with van der Waals surface area (Å²) in [5, 5.41) is 0. The Hall–Kier alpha value is -0.960. The second-order valence-electron chi connectivity index (χ2n) is 1.54. The van der Waals surface area contributed by atoms with E-state index in [0.29, 0.717) is 0 Å². The van der Waals surface area contributed by atoms with Crippen LogP contribution in [0.3, 0.4) is 0 Å². The van der Waals surface area contributed by atoms with Crippen molar-refractivity contribution in [3.8, 4) is 0 Å². The van der Waals surface area contributed by atoms with Gasteiger partial charge in [0, 0.05) is 14.1 Å². The van der Waals surface area contributed by atoms with Gasteiger partial charge in [0.05, 0.1) is 5.69 Å². The van der Waals surface area contributed by atoms with Crippen molar-refractivity contribution in [1.82, 2.24) is 4.98 Å². The van der Waals surface area contributed by atoms with E-state index in [2.05, 4.69) is 4.98 Å². The highest BCUT2D eigenvalue weighted by atomic mass is 19.1. The first-order chi connectivity index (χ1) is 4.72. The summed E-state index contributed by atoms with van der Waals surface area (Å²) < 4.78 is 19.5. The SMILES string of the molecule is [2H][C@@H](N)c1ncccc1F. The molecular weight excluding hydrogens is 119 g/mol. The molecule has 0 bridgehead atoms. The van der Waals surface area contributed by atoms with Crippen LogP contribution < -0.4 is 5.73 Å². The number of hydrogen-bond acceptors (Lipinski definition) is 2. The average molecular weight is 127 g/mol. The molecule has 0 unspecified atom stereocenters. The first-order valence-corrected chi connectivity index (χ1v) is 2.50. The minimum Gasteiger partial charge on any atom is -0.325 e. The Labute approximate surface area is 53.9 Å². The highest BCUT2D eigenvalue weighted by Crippen LogP contribution is 1.99. The molecule has 0 aliphatic carbocycles. The van der Waals surface area contributed by atoms with E-state index >= 15 is 0 Å². The van der Waals surface area contributed by atoms with Gasteiger partial charge in [-0.3, -0.25) is 4.98 Å². The zero-order valence-corrected chi connectivity index (χ0v) is 4.71. The summed E-state index contributed by atoms with van der Waals surface area (Å²) in [7, 11) is 0. The smallest absolute Gasteiger partial charge is 0.146 e. The molecule has 1 rings (SSSR count). The third-order valence-electron chi connectivity index (χ3n) is 0.945. The lowest BCUT2D eigenvalue weighted by Crippen LogP contribution is -2.01. The summed E-state index contributed by atoms with van der Waals surface area (Å²) in [6.45, 7) is -1.08. The monoisotopic (exact) mass is 127 g/mol. The maximum Gasteiger partial charge on any atom is 0.146 e. The van der Waals surface area contributed by atoms with Crippen LogP contribution >= 0.6 is 0 Å². The van der Waals surface area contributed by atoms with Crippen LogP contribution in [0.15, 0.2) is 18.3 Å². The van der Waals surface area contributed by atoms with Crippen molar-refractivity contribution in [2.24, 2.45) is 5.73 Å². The Kier molecular flexibility index (Phi) is 1.38. The molecule has 2 nitrogen and oxygen atoms in total. The second-order valence-corrected chi connectivity index (χ2v) is 1.54. The largest absolute Gasteiger partial charge is 0.325 e. The molecule has 0 aromatic carbocycles. The average Bonchev–Trinajstić information content (AvgIpc) is 1.88. The summed E-state index contributed by atoms with van der Waals surface area (Å²) in [4.78, 5) is 3.59. The molecule has 0 radical (unpaired) electrons. The van der Waals surface area contributed by atoms with Crippen molar-refractivity contribution in [3.63, 3.8) is 0 Å². The van der Waals surface area contributed by atoms with Gasteiger partial charge in [0.1, 0.15) is 5.82 Å². The van der Waals surface area contributed by atoms with E-state index in [1.54, 1.807) is 0 Å². The first kappa shape index (κ1) is 4.88. The topological polar surface area (TPSA) is 38.9 Å². The molecule has 0 aliphatic rings. The van der Waals surface area contributed by atoms with Gasteiger partial charge in [-0.25, -0.2) is 4.39 Å². The molecule has 0 amide bonds. The Morgan fingerprint density at radius 3 is 3.11 bits per heavy atom. The first-order valence-electron chi connectivity index (χ1n) is 3.08. The minimum atomic E-state index is -1.08. The number of halogens is 1. The normalized spacial score (nSPS) is 14.7. The summed E-state index contributed by atoms with van der Waals surface area (Å²) >= 11 is 0.